The maximum atomic E-state index is 13.3. The Morgan fingerprint density at radius 3 is 1.97 bits per heavy atom. The normalized spacial score (nSPS) is 14.4. The number of benzene rings is 3. The highest BCUT2D eigenvalue weighted by atomic mass is 16.2. The lowest BCUT2D eigenvalue weighted by Gasteiger charge is -2.38. The number of carbonyl (C=O) groups is 3. The summed E-state index contributed by atoms with van der Waals surface area (Å²) in [5.74, 6) is -2.28. The van der Waals surface area contributed by atoms with Crippen LogP contribution in [0.5, 0.6) is 0 Å². The van der Waals surface area contributed by atoms with Gasteiger partial charge in [0.2, 0.25) is 5.78 Å². The largest absolute Gasteiger partial charge is 0.368 e. The van der Waals surface area contributed by atoms with Crippen molar-refractivity contribution < 1.29 is 14.4 Å². The number of ketones is 1. The number of nitrogens with two attached hydrogens (primary N) is 1. The quantitative estimate of drug-likeness (QED) is 0.508. The molecule has 1 saturated heterocycles. The molecule has 1 heterocycles. The minimum atomic E-state index is -1.06. The number of nitrogens with one attached hydrogen (secondary N) is 1. The van der Waals surface area contributed by atoms with E-state index >= 15 is 0 Å². The fourth-order valence-electron chi connectivity index (χ4n) is 4.25. The van der Waals surface area contributed by atoms with Gasteiger partial charge in [0, 0.05) is 44.0 Å². The highest BCUT2D eigenvalue weighted by Gasteiger charge is 2.28. The third-order valence-corrected chi connectivity index (χ3v) is 6.04. The van der Waals surface area contributed by atoms with Crippen LogP contribution in [-0.4, -0.2) is 49.8 Å². The van der Waals surface area contributed by atoms with Crippen molar-refractivity contribution >= 4 is 29.0 Å². The fraction of sp³-hybridized carbons (Fsp3) is 0.222. The second-order valence-electron chi connectivity index (χ2n) is 8.27. The van der Waals surface area contributed by atoms with Crippen molar-refractivity contribution in [3.05, 3.63) is 96.1 Å². The lowest BCUT2D eigenvalue weighted by atomic mass is 10.0. The first kappa shape index (κ1) is 23.0. The highest BCUT2D eigenvalue weighted by molar-refractivity contribution is 6.38. The number of rotatable bonds is 8. The highest BCUT2D eigenvalue weighted by Crippen LogP contribution is 2.24. The van der Waals surface area contributed by atoms with Gasteiger partial charge in [-0.05, 0) is 29.8 Å². The molecular formula is C27H28N4O3. The molecule has 3 aromatic carbocycles. The molecule has 0 radical (unpaired) electrons. The average Bonchev–Trinajstić information content (AvgIpc) is 2.89. The Hall–Kier alpha value is -4.13. The Labute approximate surface area is 199 Å². The zero-order chi connectivity index (χ0) is 23.9. The lowest BCUT2D eigenvalue weighted by molar-refractivity contribution is -0.137. The Morgan fingerprint density at radius 1 is 0.765 bits per heavy atom. The van der Waals surface area contributed by atoms with Crippen LogP contribution >= 0.6 is 0 Å². The van der Waals surface area contributed by atoms with Gasteiger partial charge in [0.15, 0.2) is 0 Å². The molecule has 1 aliphatic heterocycles. The number of anilines is 2. The minimum absolute atomic E-state index is 0.187. The summed E-state index contributed by atoms with van der Waals surface area (Å²) in [5.41, 5.74) is 8.54. The van der Waals surface area contributed by atoms with Crippen molar-refractivity contribution in [1.29, 1.82) is 0 Å². The Bertz CT molecular complexity index is 1140. The smallest absolute Gasteiger partial charge is 0.287 e. The number of hydrogen-bond donors (Lipinski definition) is 2. The Kier molecular flexibility index (Phi) is 7.22. The average molecular weight is 457 g/mol. The number of primary amides is 1. The van der Waals surface area contributed by atoms with Crippen molar-refractivity contribution in [1.82, 2.24) is 5.32 Å². The van der Waals surface area contributed by atoms with E-state index in [1.54, 1.807) is 12.1 Å². The zero-order valence-electron chi connectivity index (χ0n) is 18.9. The first-order valence-electron chi connectivity index (χ1n) is 11.4. The first-order chi connectivity index (χ1) is 16.5. The van der Waals surface area contributed by atoms with Crippen LogP contribution in [0, 0.1) is 0 Å². The summed E-state index contributed by atoms with van der Waals surface area (Å²) in [6.45, 7) is 3.17. The summed E-state index contributed by atoms with van der Waals surface area (Å²) in [7, 11) is 0. The number of Topliss-reactive ketones (excluding diaryl/α,β-unsaturated/α-hetero) is 1. The van der Waals surface area contributed by atoms with Gasteiger partial charge in [-0.3, -0.25) is 14.4 Å². The second-order valence-corrected chi connectivity index (χ2v) is 8.27. The number of para-hydroxylation sites is 2. The van der Waals surface area contributed by atoms with E-state index in [0.717, 1.165) is 37.4 Å². The van der Waals surface area contributed by atoms with E-state index in [4.69, 9.17) is 5.73 Å². The molecule has 7 heteroatoms. The van der Waals surface area contributed by atoms with E-state index < -0.39 is 23.6 Å². The van der Waals surface area contributed by atoms with Crippen molar-refractivity contribution in [3.63, 3.8) is 0 Å². The topological polar surface area (TPSA) is 95.7 Å². The van der Waals surface area contributed by atoms with E-state index in [9.17, 15) is 14.4 Å². The third-order valence-electron chi connectivity index (χ3n) is 6.04. The SMILES string of the molecule is NC(=O)C(=O)C(Cc1ccccc1)NC(=O)c1ccccc1N1CCN(c2ccccc2)CC1. The maximum Gasteiger partial charge on any atom is 0.287 e. The van der Waals surface area contributed by atoms with Gasteiger partial charge in [-0.25, -0.2) is 0 Å². The van der Waals surface area contributed by atoms with Gasteiger partial charge in [-0.2, -0.15) is 0 Å². The number of amides is 2. The molecule has 7 nitrogen and oxygen atoms in total. The summed E-state index contributed by atoms with van der Waals surface area (Å²) in [6.07, 6.45) is 0.187. The predicted octanol–water partition coefficient (Wildman–Crippen LogP) is 2.41. The molecule has 0 saturated carbocycles. The Balaban J connectivity index is 1.49. The molecule has 1 fully saturated rings. The third kappa shape index (κ3) is 5.43. The molecule has 174 valence electrons. The van der Waals surface area contributed by atoms with Crippen molar-refractivity contribution in [2.45, 2.75) is 12.5 Å². The van der Waals surface area contributed by atoms with Crippen LogP contribution in [0.3, 0.4) is 0 Å². The maximum absolute atomic E-state index is 13.3. The summed E-state index contributed by atoms with van der Waals surface area (Å²) in [4.78, 5) is 41.9. The Morgan fingerprint density at radius 2 is 1.32 bits per heavy atom. The van der Waals surface area contributed by atoms with Crippen LogP contribution in [0.2, 0.25) is 0 Å². The van der Waals surface area contributed by atoms with Crippen LogP contribution in [0.25, 0.3) is 0 Å². The van der Waals surface area contributed by atoms with Crippen LogP contribution in [-0.2, 0) is 16.0 Å². The summed E-state index contributed by atoms with van der Waals surface area (Å²) in [5, 5.41) is 2.75. The monoisotopic (exact) mass is 456 g/mol. The van der Waals surface area contributed by atoms with Gasteiger partial charge in [-0.1, -0.05) is 60.7 Å². The van der Waals surface area contributed by atoms with Gasteiger partial charge in [0.25, 0.3) is 11.8 Å². The molecule has 0 spiro atoms. The van der Waals surface area contributed by atoms with Gasteiger partial charge < -0.3 is 20.9 Å². The van der Waals surface area contributed by atoms with Crippen molar-refractivity contribution in [3.8, 4) is 0 Å². The van der Waals surface area contributed by atoms with E-state index in [-0.39, 0.29) is 6.42 Å². The van der Waals surface area contributed by atoms with E-state index in [1.807, 2.05) is 60.7 Å². The molecule has 0 bridgehead atoms. The molecule has 0 aromatic heterocycles. The van der Waals surface area contributed by atoms with Crippen molar-refractivity contribution in [2.75, 3.05) is 36.0 Å². The molecule has 3 aromatic rings. The molecule has 1 aliphatic rings. The lowest BCUT2D eigenvalue weighted by Crippen LogP contribution is -2.49. The van der Waals surface area contributed by atoms with E-state index in [0.29, 0.717) is 5.56 Å². The molecule has 1 unspecified atom stereocenters. The van der Waals surface area contributed by atoms with E-state index in [1.165, 1.54) is 5.69 Å². The second kappa shape index (κ2) is 10.7. The van der Waals surface area contributed by atoms with E-state index in [2.05, 4.69) is 27.2 Å². The number of carbonyl (C=O) groups excluding carboxylic acids is 3. The number of hydrogen-bond acceptors (Lipinski definition) is 5. The minimum Gasteiger partial charge on any atom is -0.368 e. The van der Waals surface area contributed by atoms with Crippen molar-refractivity contribution in [2.24, 2.45) is 5.73 Å². The first-order valence-corrected chi connectivity index (χ1v) is 11.4. The molecular weight excluding hydrogens is 428 g/mol. The molecule has 2 amide bonds. The molecule has 3 N–H and O–H groups in total. The molecule has 4 rings (SSSR count). The predicted molar refractivity (Wildman–Crippen MR) is 133 cm³/mol. The summed E-state index contributed by atoms with van der Waals surface area (Å²) >= 11 is 0. The van der Waals surface area contributed by atoms with Crippen LogP contribution in [0.1, 0.15) is 15.9 Å². The van der Waals surface area contributed by atoms with Gasteiger partial charge >= 0.3 is 0 Å². The van der Waals surface area contributed by atoms with Gasteiger partial charge in [-0.15, -0.1) is 0 Å². The van der Waals surface area contributed by atoms with Gasteiger partial charge in [0.05, 0.1) is 5.56 Å². The zero-order valence-corrected chi connectivity index (χ0v) is 18.9. The number of nitrogens with zero attached hydrogens (tertiary/aromatic N) is 2. The van der Waals surface area contributed by atoms with Crippen LogP contribution < -0.4 is 20.9 Å². The van der Waals surface area contributed by atoms with Gasteiger partial charge in [0.1, 0.15) is 6.04 Å². The fourth-order valence-corrected chi connectivity index (χ4v) is 4.25. The van der Waals surface area contributed by atoms with Crippen LogP contribution in [0.4, 0.5) is 11.4 Å². The standard InChI is InChI=1S/C27H28N4O3/c28-26(33)25(32)23(19-20-9-3-1-4-10-20)29-27(34)22-13-7-8-14-24(22)31-17-15-30(16-18-31)21-11-5-2-6-12-21/h1-14,23H,15-19H2,(H2,28,33)(H,29,34). The summed E-state index contributed by atoms with van der Waals surface area (Å²) < 4.78 is 0. The molecule has 34 heavy (non-hydrogen) atoms. The van der Waals surface area contributed by atoms with Crippen LogP contribution in [0.15, 0.2) is 84.9 Å². The summed E-state index contributed by atoms with van der Waals surface area (Å²) in [6, 6.07) is 25.8. The molecule has 0 aliphatic carbocycles. The molecule has 1 atom stereocenters. The number of piperazine rings is 1.